The highest BCUT2D eigenvalue weighted by atomic mass is 15.2. The fraction of sp³-hybridized carbons (Fsp3) is 0.0870. The predicted octanol–water partition coefficient (Wildman–Crippen LogP) is 2.72. The van der Waals surface area contributed by atoms with Gasteiger partial charge in [0.1, 0.15) is 28.2 Å². The third-order valence-electron chi connectivity index (χ3n) is 5.86. The summed E-state index contributed by atoms with van der Waals surface area (Å²) in [6.07, 6.45) is 0. The summed E-state index contributed by atoms with van der Waals surface area (Å²) in [6.45, 7) is 0.501. The zero-order chi connectivity index (χ0) is 22.7. The number of fused-ring (bicyclic) bond motifs is 3. The second-order valence-corrected chi connectivity index (χ2v) is 7.88. The highest BCUT2D eigenvalue weighted by Gasteiger charge is 2.25. The van der Waals surface area contributed by atoms with Crippen LogP contribution in [0.1, 0.15) is 5.56 Å². The summed E-state index contributed by atoms with van der Waals surface area (Å²) in [5.41, 5.74) is 24.4. The minimum atomic E-state index is 0.152. The molecule has 0 bridgehead atoms. The predicted molar refractivity (Wildman–Crippen MR) is 129 cm³/mol. The summed E-state index contributed by atoms with van der Waals surface area (Å²) in [5.74, 6) is 1.50. The third-order valence-corrected chi connectivity index (χ3v) is 5.86. The van der Waals surface area contributed by atoms with Crippen molar-refractivity contribution >= 4 is 50.7 Å². The normalized spacial score (nSPS) is 11.7. The molecule has 0 aliphatic rings. The number of rotatable bonds is 3. The SMILES string of the molecule is Cn1c(-c2c(N)n(Cc3ccccc3)c3nc4c(N)nnc(N)c4nc23)nc2ccccc21. The second-order valence-electron chi connectivity index (χ2n) is 7.88. The zero-order valence-electron chi connectivity index (χ0n) is 17.8. The maximum absolute atomic E-state index is 6.76. The lowest BCUT2D eigenvalue weighted by Crippen LogP contribution is -2.07. The highest BCUT2D eigenvalue weighted by Crippen LogP contribution is 2.38. The molecule has 0 unspecified atom stereocenters. The molecule has 6 aromatic rings. The molecular formula is C23H20N10. The Kier molecular flexibility index (Phi) is 3.96. The molecule has 6 rings (SSSR count). The quantitative estimate of drug-likeness (QED) is 0.383. The number of benzene rings is 2. The van der Waals surface area contributed by atoms with E-state index in [1.807, 2.05) is 70.8 Å². The number of imidazole rings is 1. The average molecular weight is 436 g/mol. The summed E-state index contributed by atoms with van der Waals surface area (Å²) in [4.78, 5) is 14.5. The molecule has 4 heterocycles. The number of anilines is 3. The number of nitrogen functional groups attached to an aromatic ring is 3. The van der Waals surface area contributed by atoms with Crippen LogP contribution < -0.4 is 17.2 Å². The van der Waals surface area contributed by atoms with E-state index in [4.69, 9.17) is 32.2 Å². The van der Waals surface area contributed by atoms with Crippen molar-refractivity contribution in [2.75, 3.05) is 17.2 Å². The van der Waals surface area contributed by atoms with Crippen molar-refractivity contribution in [3.63, 3.8) is 0 Å². The van der Waals surface area contributed by atoms with Crippen LogP contribution >= 0.6 is 0 Å². The van der Waals surface area contributed by atoms with Crippen molar-refractivity contribution in [2.45, 2.75) is 6.54 Å². The number of para-hydroxylation sites is 2. The molecule has 0 aliphatic carbocycles. The Bertz CT molecular complexity index is 1680. The van der Waals surface area contributed by atoms with Crippen LogP contribution in [-0.2, 0) is 13.6 Å². The van der Waals surface area contributed by atoms with Crippen molar-refractivity contribution in [3.8, 4) is 11.4 Å². The molecule has 0 spiro atoms. The number of aryl methyl sites for hydroxylation is 1. The van der Waals surface area contributed by atoms with E-state index in [1.54, 1.807) is 0 Å². The van der Waals surface area contributed by atoms with E-state index in [1.165, 1.54) is 0 Å². The third kappa shape index (κ3) is 2.77. The van der Waals surface area contributed by atoms with Gasteiger partial charge in [-0.2, -0.15) is 0 Å². The lowest BCUT2D eigenvalue weighted by molar-refractivity contribution is 0.836. The number of nitrogens with zero attached hydrogens (tertiary/aromatic N) is 7. The van der Waals surface area contributed by atoms with Crippen LogP contribution in [0.3, 0.4) is 0 Å². The fourth-order valence-electron chi connectivity index (χ4n) is 4.23. The summed E-state index contributed by atoms with van der Waals surface area (Å²) < 4.78 is 3.92. The van der Waals surface area contributed by atoms with Crippen LogP contribution in [0.15, 0.2) is 54.6 Å². The maximum atomic E-state index is 6.76. The Hall–Kier alpha value is -4.73. The molecule has 0 aliphatic heterocycles. The molecule has 0 fully saturated rings. The van der Waals surface area contributed by atoms with Gasteiger partial charge in [-0.3, -0.25) is 0 Å². The van der Waals surface area contributed by atoms with Gasteiger partial charge in [0.25, 0.3) is 0 Å². The van der Waals surface area contributed by atoms with Gasteiger partial charge in [-0.05, 0) is 17.7 Å². The van der Waals surface area contributed by atoms with Crippen molar-refractivity contribution < 1.29 is 0 Å². The topological polar surface area (TPSA) is 152 Å². The van der Waals surface area contributed by atoms with Crippen LogP contribution in [0.2, 0.25) is 0 Å². The van der Waals surface area contributed by atoms with Gasteiger partial charge in [0.2, 0.25) is 0 Å². The molecule has 2 aromatic carbocycles. The standard InChI is InChI=1S/C23H20N10/c1-32-14-10-6-5-9-13(14)27-22(32)15-16-23(29-18-17(28-16)19(24)30-31-20(18)25)33(21(15)26)11-12-7-3-2-4-8-12/h2-10H,11,26H2,1H3,(H2,24,30)(H2,25,31). The van der Waals surface area contributed by atoms with E-state index in [2.05, 4.69) is 10.2 Å². The summed E-state index contributed by atoms with van der Waals surface area (Å²) in [6, 6.07) is 17.9. The molecule has 162 valence electrons. The number of hydrogen-bond acceptors (Lipinski definition) is 8. The average Bonchev–Trinajstić information content (AvgIpc) is 3.30. The first-order chi connectivity index (χ1) is 16.0. The highest BCUT2D eigenvalue weighted by molar-refractivity contribution is 6.04. The Labute approximate surface area is 187 Å². The van der Waals surface area contributed by atoms with Crippen LogP contribution in [0.25, 0.3) is 44.6 Å². The smallest absolute Gasteiger partial charge is 0.174 e. The molecule has 0 atom stereocenters. The minimum Gasteiger partial charge on any atom is -0.384 e. The molecule has 0 radical (unpaired) electrons. The Morgan fingerprint density at radius 3 is 2.15 bits per heavy atom. The van der Waals surface area contributed by atoms with E-state index in [0.29, 0.717) is 45.9 Å². The molecule has 0 saturated heterocycles. The van der Waals surface area contributed by atoms with Crippen molar-refractivity contribution in [2.24, 2.45) is 7.05 Å². The molecular weight excluding hydrogens is 416 g/mol. The first-order valence-corrected chi connectivity index (χ1v) is 10.4. The van der Waals surface area contributed by atoms with Crippen molar-refractivity contribution in [1.29, 1.82) is 0 Å². The Morgan fingerprint density at radius 1 is 0.758 bits per heavy atom. The lowest BCUT2D eigenvalue weighted by Gasteiger charge is -2.08. The molecule has 4 aromatic heterocycles. The summed E-state index contributed by atoms with van der Waals surface area (Å²) >= 11 is 0. The van der Waals surface area contributed by atoms with Gasteiger partial charge in [-0.25, -0.2) is 15.0 Å². The van der Waals surface area contributed by atoms with Crippen LogP contribution in [0.4, 0.5) is 17.5 Å². The fourth-order valence-corrected chi connectivity index (χ4v) is 4.23. The van der Waals surface area contributed by atoms with Crippen LogP contribution in [0.5, 0.6) is 0 Å². The number of nitrogens with two attached hydrogens (primary N) is 3. The monoisotopic (exact) mass is 436 g/mol. The summed E-state index contributed by atoms with van der Waals surface area (Å²) in [7, 11) is 1.96. The molecule has 6 N–H and O–H groups in total. The van der Waals surface area contributed by atoms with Gasteiger partial charge in [0.05, 0.1) is 23.1 Å². The lowest BCUT2D eigenvalue weighted by atomic mass is 10.2. The molecule has 33 heavy (non-hydrogen) atoms. The summed E-state index contributed by atoms with van der Waals surface area (Å²) in [5, 5.41) is 7.81. The minimum absolute atomic E-state index is 0.152. The van der Waals surface area contributed by atoms with Crippen molar-refractivity contribution in [1.82, 2.24) is 34.3 Å². The van der Waals surface area contributed by atoms with Gasteiger partial charge in [0.15, 0.2) is 17.3 Å². The largest absolute Gasteiger partial charge is 0.384 e. The Morgan fingerprint density at radius 2 is 1.42 bits per heavy atom. The Balaban J connectivity index is 1.72. The van der Waals surface area contributed by atoms with Gasteiger partial charge in [-0.15, -0.1) is 10.2 Å². The first-order valence-electron chi connectivity index (χ1n) is 10.4. The molecule has 10 nitrogen and oxygen atoms in total. The van der Waals surface area contributed by atoms with E-state index in [-0.39, 0.29) is 11.6 Å². The molecule has 10 heteroatoms. The van der Waals surface area contributed by atoms with Crippen LogP contribution in [-0.4, -0.2) is 34.3 Å². The van der Waals surface area contributed by atoms with Gasteiger partial charge < -0.3 is 26.3 Å². The molecule has 0 saturated carbocycles. The second kappa shape index (κ2) is 6.89. The van der Waals surface area contributed by atoms with E-state index in [9.17, 15) is 0 Å². The van der Waals surface area contributed by atoms with Crippen molar-refractivity contribution in [3.05, 3.63) is 60.2 Å². The first kappa shape index (κ1) is 19.0. The zero-order valence-corrected chi connectivity index (χ0v) is 17.8. The van der Waals surface area contributed by atoms with Gasteiger partial charge in [-0.1, -0.05) is 42.5 Å². The van der Waals surface area contributed by atoms with Gasteiger partial charge in [0, 0.05) is 7.05 Å². The van der Waals surface area contributed by atoms with Crippen LogP contribution in [0, 0.1) is 0 Å². The van der Waals surface area contributed by atoms with E-state index < -0.39 is 0 Å². The van der Waals surface area contributed by atoms with E-state index in [0.717, 1.165) is 16.6 Å². The van der Waals surface area contributed by atoms with Gasteiger partial charge >= 0.3 is 0 Å². The molecule has 0 amide bonds. The number of aromatic nitrogens is 7. The maximum Gasteiger partial charge on any atom is 0.174 e. The number of hydrogen-bond donors (Lipinski definition) is 3. The van der Waals surface area contributed by atoms with E-state index >= 15 is 0 Å².